The van der Waals surface area contributed by atoms with Crippen LogP contribution in [-0.4, -0.2) is 17.5 Å². The number of amides is 1. The van der Waals surface area contributed by atoms with Crippen LogP contribution in [0, 0.1) is 13.8 Å². The van der Waals surface area contributed by atoms with Gasteiger partial charge in [-0.15, -0.1) is 0 Å². The zero-order chi connectivity index (χ0) is 16.9. The Balaban J connectivity index is 1.51. The summed E-state index contributed by atoms with van der Waals surface area (Å²) in [7, 11) is 0. The summed E-state index contributed by atoms with van der Waals surface area (Å²) in [5.74, 6) is 0.801. The third-order valence-electron chi connectivity index (χ3n) is 3.64. The van der Waals surface area contributed by atoms with Crippen molar-refractivity contribution in [3.8, 4) is 5.75 Å². The van der Waals surface area contributed by atoms with E-state index in [-0.39, 0.29) is 5.91 Å². The lowest BCUT2D eigenvalue weighted by molar-refractivity contribution is -0.116. The first kappa shape index (κ1) is 16.5. The molecule has 0 unspecified atom stereocenters. The number of aryl methyl sites for hydroxylation is 2. The van der Waals surface area contributed by atoms with Crippen molar-refractivity contribution in [2.45, 2.75) is 26.7 Å². The number of hydrogen-bond acceptors (Lipinski definition) is 4. The smallest absolute Gasteiger partial charge is 0.226 e. The van der Waals surface area contributed by atoms with Gasteiger partial charge in [0.1, 0.15) is 5.75 Å². The molecule has 3 aromatic rings. The number of benzene rings is 2. The Labute approximate surface area is 145 Å². The molecule has 0 radical (unpaired) electrons. The highest BCUT2D eigenvalue weighted by Gasteiger charge is 2.10. The lowest BCUT2D eigenvalue weighted by Crippen LogP contribution is -2.12. The molecule has 0 atom stereocenters. The van der Waals surface area contributed by atoms with E-state index >= 15 is 0 Å². The Kier molecular flexibility index (Phi) is 5.11. The molecule has 0 aliphatic heterocycles. The second kappa shape index (κ2) is 7.45. The average Bonchev–Trinajstić information content (AvgIpc) is 2.95. The molecule has 0 bridgehead atoms. The number of carbonyl (C=O) groups is 1. The fourth-order valence-electron chi connectivity index (χ4n) is 2.55. The van der Waals surface area contributed by atoms with Gasteiger partial charge in [0, 0.05) is 6.42 Å². The van der Waals surface area contributed by atoms with Gasteiger partial charge < -0.3 is 10.1 Å². The van der Waals surface area contributed by atoms with Crippen LogP contribution in [0.4, 0.5) is 5.13 Å². The summed E-state index contributed by atoms with van der Waals surface area (Å²) in [4.78, 5) is 16.6. The molecule has 2 aromatic carbocycles. The molecular formula is C19H20N2O2S. The number of anilines is 1. The normalized spacial score (nSPS) is 10.8. The summed E-state index contributed by atoms with van der Waals surface area (Å²) in [6.07, 6.45) is 1.09. The number of hydrogen-bond donors (Lipinski definition) is 1. The van der Waals surface area contributed by atoms with Crippen molar-refractivity contribution < 1.29 is 9.53 Å². The third-order valence-corrected chi connectivity index (χ3v) is 4.55. The van der Waals surface area contributed by atoms with Crippen molar-refractivity contribution in [2.75, 3.05) is 11.9 Å². The van der Waals surface area contributed by atoms with E-state index in [9.17, 15) is 4.79 Å². The molecule has 5 heteroatoms. The van der Waals surface area contributed by atoms with Gasteiger partial charge in [0.25, 0.3) is 0 Å². The highest BCUT2D eigenvalue weighted by molar-refractivity contribution is 7.22. The second-order valence-corrected chi connectivity index (χ2v) is 6.79. The number of nitrogens with one attached hydrogen (secondary N) is 1. The van der Waals surface area contributed by atoms with Gasteiger partial charge in [-0.05, 0) is 49.6 Å². The van der Waals surface area contributed by atoms with Gasteiger partial charge in [-0.2, -0.15) is 0 Å². The third kappa shape index (κ3) is 4.11. The Hall–Kier alpha value is -2.40. The summed E-state index contributed by atoms with van der Waals surface area (Å²) in [6, 6.07) is 13.8. The lowest BCUT2D eigenvalue weighted by atomic mass is 10.1. The Morgan fingerprint density at radius 1 is 1.21 bits per heavy atom. The van der Waals surface area contributed by atoms with Gasteiger partial charge in [0.15, 0.2) is 5.13 Å². The highest BCUT2D eigenvalue weighted by Crippen LogP contribution is 2.29. The predicted molar refractivity (Wildman–Crippen MR) is 98.9 cm³/mol. The van der Waals surface area contributed by atoms with Crippen LogP contribution in [-0.2, 0) is 4.79 Å². The molecule has 0 saturated heterocycles. The first-order chi connectivity index (χ1) is 11.6. The van der Waals surface area contributed by atoms with Gasteiger partial charge >= 0.3 is 0 Å². The minimum atomic E-state index is -0.0277. The van der Waals surface area contributed by atoms with E-state index in [0.29, 0.717) is 24.6 Å². The van der Waals surface area contributed by atoms with Crippen LogP contribution in [0.2, 0.25) is 0 Å². The van der Waals surface area contributed by atoms with Gasteiger partial charge in [-0.25, -0.2) is 4.98 Å². The van der Waals surface area contributed by atoms with Crippen molar-refractivity contribution in [1.82, 2.24) is 4.98 Å². The van der Waals surface area contributed by atoms with Crippen molar-refractivity contribution >= 4 is 32.6 Å². The van der Waals surface area contributed by atoms with Gasteiger partial charge in [-0.1, -0.05) is 35.6 Å². The van der Waals surface area contributed by atoms with Crippen LogP contribution >= 0.6 is 11.3 Å². The highest BCUT2D eigenvalue weighted by atomic mass is 32.1. The molecular weight excluding hydrogens is 320 g/mol. The fourth-order valence-corrected chi connectivity index (χ4v) is 3.60. The SMILES string of the molecule is Cc1cc(C)c2nc(NC(=O)CCCOc3ccccc3)sc2c1. The van der Waals surface area contributed by atoms with E-state index in [2.05, 4.69) is 29.4 Å². The van der Waals surface area contributed by atoms with Crippen LogP contribution in [0.25, 0.3) is 10.2 Å². The summed E-state index contributed by atoms with van der Waals surface area (Å²) < 4.78 is 6.70. The first-order valence-electron chi connectivity index (χ1n) is 7.97. The van der Waals surface area contributed by atoms with Crippen LogP contribution in [0.1, 0.15) is 24.0 Å². The number of para-hydroxylation sites is 1. The quantitative estimate of drug-likeness (QED) is 0.661. The number of thiazole rings is 1. The van der Waals surface area contributed by atoms with Crippen molar-refractivity contribution in [3.05, 3.63) is 53.6 Å². The van der Waals surface area contributed by atoms with Crippen LogP contribution in [0.5, 0.6) is 5.75 Å². The maximum atomic E-state index is 12.1. The fraction of sp³-hybridized carbons (Fsp3) is 0.263. The van der Waals surface area contributed by atoms with Crippen LogP contribution in [0.3, 0.4) is 0 Å². The minimum absolute atomic E-state index is 0.0277. The molecule has 0 saturated carbocycles. The summed E-state index contributed by atoms with van der Waals surface area (Å²) in [5, 5.41) is 3.55. The molecule has 1 heterocycles. The monoisotopic (exact) mass is 340 g/mol. The van der Waals surface area contributed by atoms with E-state index in [4.69, 9.17) is 4.74 Å². The molecule has 0 aliphatic rings. The molecule has 4 nitrogen and oxygen atoms in total. The Bertz CT molecular complexity index is 843. The van der Waals surface area contributed by atoms with Gasteiger partial charge in [-0.3, -0.25) is 4.79 Å². The lowest BCUT2D eigenvalue weighted by Gasteiger charge is -2.05. The molecule has 1 N–H and O–H groups in total. The number of fused-ring (bicyclic) bond motifs is 1. The number of rotatable bonds is 6. The molecule has 0 spiro atoms. The zero-order valence-electron chi connectivity index (χ0n) is 13.8. The molecule has 0 aliphatic carbocycles. The largest absolute Gasteiger partial charge is 0.494 e. The molecule has 0 fully saturated rings. The molecule has 124 valence electrons. The topological polar surface area (TPSA) is 51.2 Å². The van der Waals surface area contributed by atoms with Crippen molar-refractivity contribution in [1.29, 1.82) is 0 Å². The molecule has 1 aromatic heterocycles. The average molecular weight is 340 g/mol. The Morgan fingerprint density at radius 3 is 2.79 bits per heavy atom. The molecule has 3 rings (SSSR count). The number of ether oxygens (including phenoxy) is 1. The maximum absolute atomic E-state index is 12.1. The zero-order valence-corrected chi connectivity index (χ0v) is 14.7. The van der Waals surface area contributed by atoms with Gasteiger partial charge in [0.2, 0.25) is 5.91 Å². The summed E-state index contributed by atoms with van der Waals surface area (Å²) in [6.45, 7) is 4.63. The Morgan fingerprint density at radius 2 is 2.00 bits per heavy atom. The maximum Gasteiger partial charge on any atom is 0.226 e. The van der Waals surface area contributed by atoms with E-state index in [0.717, 1.165) is 21.5 Å². The van der Waals surface area contributed by atoms with Crippen molar-refractivity contribution in [3.63, 3.8) is 0 Å². The van der Waals surface area contributed by atoms with E-state index in [1.165, 1.54) is 16.9 Å². The molecule has 1 amide bonds. The van der Waals surface area contributed by atoms with Gasteiger partial charge in [0.05, 0.1) is 16.8 Å². The number of nitrogens with zero attached hydrogens (tertiary/aromatic N) is 1. The standard InChI is InChI=1S/C19H20N2O2S/c1-13-11-14(2)18-16(12-13)24-19(21-18)20-17(22)9-6-10-23-15-7-4-3-5-8-15/h3-5,7-8,11-12H,6,9-10H2,1-2H3,(H,20,21,22). The van der Waals surface area contributed by atoms with Crippen LogP contribution < -0.4 is 10.1 Å². The summed E-state index contributed by atoms with van der Waals surface area (Å²) >= 11 is 1.52. The van der Waals surface area contributed by atoms with Crippen LogP contribution in [0.15, 0.2) is 42.5 Å². The van der Waals surface area contributed by atoms with E-state index in [1.54, 1.807) is 0 Å². The minimum Gasteiger partial charge on any atom is -0.494 e. The number of carbonyl (C=O) groups excluding carboxylic acids is 1. The predicted octanol–water partition coefficient (Wildman–Crippen LogP) is 4.71. The molecule has 24 heavy (non-hydrogen) atoms. The van der Waals surface area contributed by atoms with E-state index < -0.39 is 0 Å². The van der Waals surface area contributed by atoms with E-state index in [1.807, 2.05) is 37.3 Å². The number of aromatic nitrogens is 1. The van der Waals surface area contributed by atoms with Crippen molar-refractivity contribution in [2.24, 2.45) is 0 Å². The summed E-state index contributed by atoms with van der Waals surface area (Å²) in [5.41, 5.74) is 3.31. The second-order valence-electron chi connectivity index (χ2n) is 5.76. The first-order valence-corrected chi connectivity index (χ1v) is 8.79.